The molecule has 3 nitrogen and oxygen atoms in total. The Labute approximate surface area is 106 Å². The highest BCUT2D eigenvalue weighted by Crippen LogP contribution is 2.16. The summed E-state index contributed by atoms with van der Waals surface area (Å²) in [6.45, 7) is 3.91. The maximum absolute atomic E-state index is 11.7. The molecule has 1 aromatic rings. The summed E-state index contributed by atoms with van der Waals surface area (Å²) in [5.74, 6) is -0.0551. The summed E-state index contributed by atoms with van der Waals surface area (Å²) in [5.41, 5.74) is 0.661. The lowest BCUT2D eigenvalue weighted by atomic mass is 10.2. The van der Waals surface area contributed by atoms with Gasteiger partial charge in [-0.3, -0.25) is 9.59 Å². The molecule has 0 spiro atoms. The summed E-state index contributed by atoms with van der Waals surface area (Å²) < 4.78 is 4.88. The minimum absolute atomic E-state index is 0.0123. The van der Waals surface area contributed by atoms with Crippen molar-refractivity contribution in [2.75, 3.05) is 12.4 Å². The summed E-state index contributed by atoms with van der Waals surface area (Å²) >= 11 is 1.15. The predicted octanol–water partition coefficient (Wildman–Crippen LogP) is 2.76. The van der Waals surface area contributed by atoms with Gasteiger partial charge in [0.15, 0.2) is 0 Å². The second-order valence-electron chi connectivity index (χ2n) is 3.62. The number of rotatable bonds is 5. The molecule has 1 atom stereocenters. The Balaban J connectivity index is 2.41. The van der Waals surface area contributed by atoms with Crippen molar-refractivity contribution in [2.45, 2.75) is 13.8 Å². The van der Waals surface area contributed by atoms with Crippen LogP contribution in [0.25, 0.3) is 0 Å². The van der Waals surface area contributed by atoms with E-state index in [1.807, 2.05) is 18.2 Å². The van der Waals surface area contributed by atoms with Gasteiger partial charge in [0.1, 0.15) is 0 Å². The zero-order valence-electron chi connectivity index (χ0n) is 10.0. The molecule has 0 amide bonds. The molecule has 0 bridgehead atoms. The van der Waals surface area contributed by atoms with E-state index in [-0.39, 0.29) is 17.0 Å². The third-order valence-electron chi connectivity index (χ3n) is 2.16. The maximum Gasteiger partial charge on any atom is 0.309 e. The molecule has 0 saturated heterocycles. The van der Waals surface area contributed by atoms with Crippen LogP contribution >= 0.6 is 11.8 Å². The molecule has 0 unspecified atom stereocenters. The quantitative estimate of drug-likeness (QED) is 0.756. The van der Waals surface area contributed by atoms with Gasteiger partial charge in [0.2, 0.25) is 5.12 Å². The van der Waals surface area contributed by atoms with Gasteiger partial charge in [-0.2, -0.15) is 0 Å². The van der Waals surface area contributed by atoms with Crippen molar-refractivity contribution in [1.29, 1.82) is 0 Å². The molecule has 0 aliphatic heterocycles. The molecule has 0 heterocycles. The summed E-state index contributed by atoms with van der Waals surface area (Å²) in [6, 6.07) is 9.04. The van der Waals surface area contributed by atoms with Gasteiger partial charge < -0.3 is 4.74 Å². The lowest BCUT2D eigenvalue weighted by Crippen LogP contribution is -2.17. The van der Waals surface area contributed by atoms with E-state index in [0.717, 1.165) is 11.8 Å². The van der Waals surface area contributed by atoms with Crippen LogP contribution in [0.15, 0.2) is 30.3 Å². The van der Waals surface area contributed by atoms with Gasteiger partial charge in [0.05, 0.1) is 12.5 Å². The minimum atomic E-state index is -0.257. The average Bonchev–Trinajstić information content (AvgIpc) is 2.36. The van der Waals surface area contributed by atoms with Crippen LogP contribution in [0.4, 0.5) is 0 Å². The molecule has 0 saturated carbocycles. The first-order chi connectivity index (χ1) is 8.15. The normalized spacial score (nSPS) is 11.9. The summed E-state index contributed by atoms with van der Waals surface area (Å²) in [5, 5.41) is -0.0123. The zero-order valence-corrected chi connectivity index (χ0v) is 10.8. The third-order valence-corrected chi connectivity index (χ3v) is 3.33. The van der Waals surface area contributed by atoms with Crippen LogP contribution in [0.3, 0.4) is 0 Å². The maximum atomic E-state index is 11.7. The van der Waals surface area contributed by atoms with Crippen LogP contribution in [0.1, 0.15) is 24.2 Å². The van der Waals surface area contributed by atoms with Crippen molar-refractivity contribution in [3.63, 3.8) is 0 Å². The lowest BCUT2D eigenvalue weighted by Gasteiger charge is -2.09. The van der Waals surface area contributed by atoms with Crippen LogP contribution in [-0.2, 0) is 9.53 Å². The van der Waals surface area contributed by atoms with Gasteiger partial charge >= 0.3 is 5.97 Å². The first-order valence-electron chi connectivity index (χ1n) is 5.54. The molecular formula is C13H16O3S. The van der Waals surface area contributed by atoms with E-state index in [0.29, 0.717) is 17.9 Å². The van der Waals surface area contributed by atoms with Crippen molar-refractivity contribution >= 4 is 22.8 Å². The Morgan fingerprint density at radius 3 is 2.53 bits per heavy atom. The highest BCUT2D eigenvalue weighted by molar-refractivity contribution is 8.14. The number of carbonyl (C=O) groups excluding carboxylic acids is 2. The van der Waals surface area contributed by atoms with E-state index in [1.54, 1.807) is 26.0 Å². The van der Waals surface area contributed by atoms with Gasteiger partial charge in [0.25, 0.3) is 0 Å². The fraction of sp³-hybridized carbons (Fsp3) is 0.385. The second kappa shape index (κ2) is 7.12. The fourth-order valence-electron chi connectivity index (χ4n) is 1.21. The Morgan fingerprint density at radius 1 is 1.29 bits per heavy atom. The van der Waals surface area contributed by atoms with Crippen LogP contribution in [-0.4, -0.2) is 23.4 Å². The van der Waals surface area contributed by atoms with Crippen molar-refractivity contribution in [3.8, 4) is 0 Å². The molecule has 0 radical (unpaired) electrons. The molecule has 0 aromatic heterocycles. The monoisotopic (exact) mass is 252 g/mol. The predicted molar refractivity (Wildman–Crippen MR) is 69.0 cm³/mol. The molecule has 0 aliphatic rings. The number of benzene rings is 1. The largest absolute Gasteiger partial charge is 0.466 e. The van der Waals surface area contributed by atoms with E-state index in [9.17, 15) is 9.59 Å². The van der Waals surface area contributed by atoms with E-state index < -0.39 is 0 Å². The average molecular weight is 252 g/mol. The van der Waals surface area contributed by atoms with E-state index in [4.69, 9.17) is 4.74 Å². The highest BCUT2D eigenvalue weighted by Gasteiger charge is 2.16. The van der Waals surface area contributed by atoms with Crippen LogP contribution in [0.2, 0.25) is 0 Å². The molecule has 0 fully saturated rings. The van der Waals surface area contributed by atoms with Crippen molar-refractivity contribution in [2.24, 2.45) is 5.92 Å². The number of hydrogen-bond donors (Lipinski definition) is 0. The SMILES string of the molecule is CCOC(=O)[C@H](C)CSC(=O)c1ccccc1. The standard InChI is InChI=1S/C13H16O3S/c1-3-16-12(14)10(2)9-17-13(15)11-7-5-4-6-8-11/h4-8,10H,3,9H2,1-2H3/t10-/m1/s1. The number of esters is 1. The smallest absolute Gasteiger partial charge is 0.309 e. The molecule has 4 heteroatoms. The zero-order chi connectivity index (χ0) is 12.7. The fourth-order valence-corrected chi connectivity index (χ4v) is 2.05. The minimum Gasteiger partial charge on any atom is -0.466 e. The number of thioether (sulfide) groups is 1. The number of hydrogen-bond acceptors (Lipinski definition) is 4. The van der Waals surface area contributed by atoms with Gasteiger partial charge in [-0.25, -0.2) is 0 Å². The van der Waals surface area contributed by atoms with E-state index in [2.05, 4.69) is 0 Å². The van der Waals surface area contributed by atoms with E-state index in [1.165, 1.54) is 0 Å². The Bertz CT molecular complexity index is 376. The van der Waals surface area contributed by atoms with Crippen LogP contribution in [0.5, 0.6) is 0 Å². The Morgan fingerprint density at radius 2 is 1.94 bits per heavy atom. The molecule has 0 N–H and O–H groups in total. The molecule has 17 heavy (non-hydrogen) atoms. The van der Waals surface area contributed by atoms with Gasteiger partial charge in [-0.1, -0.05) is 49.0 Å². The number of carbonyl (C=O) groups is 2. The summed E-state index contributed by atoms with van der Waals surface area (Å²) in [7, 11) is 0. The van der Waals surface area contributed by atoms with Gasteiger partial charge in [-0.15, -0.1) is 0 Å². The molecular weight excluding hydrogens is 236 g/mol. The van der Waals surface area contributed by atoms with Crippen molar-refractivity contribution in [3.05, 3.63) is 35.9 Å². The molecule has 1 aromatic carbocycles. The first kappa shape index (κ1) is 13.8. The van der Waals surface area contributed by atoms with Gasteiger partial charge in [-0.05, 0) is 6.92 Å². The van der Waals surface area contributed by atoms with Crippen LogP contribution in [0, 0.1) is 5.92 Å². The molecule has 0 aliphatic carbocycles. The summed E-state index contributed by atoms with van der Waals surface area (Å²) in [6.07, 6.45) is 0. The highest BCUT2D eigenvalue weighted by atomic mass is 32.2. The lowest BCUT2D eigenvalue weighted by molar-refractivity contribution is -0.146. The number of ether oxygens (including phenoxy) is 1. The molecule has 1 rings (SSSR count). The van der Waals surface area contributed by atoms with Crippen molar-refractivity contribution < 1.29 is 14.3 Å². The summed E-state index contributed by atoms with van der Waals surface area (Å²) in [4.78, 5) is 23.1. The van der Waals surface area contributed by atoms with Crippen molar-refractivity contribution in [1.82, 2.24) is 0 Å². The van der Waals surface area contributed by atoms with E-state index >= 15 is 0 Å². The van der Waals surface area contributed by atoms with Gasteiger partial charge in [0, 0.05) is 11.3 Å². The van der Waals surface area contributed by atoms with Crippen LogP contribution < -0.4 is 0 Å². The molecule has 92 valence electrons. The first-order valence-corrected chi connectivity index (χ1v) is 6.52. The Hall–Kier alpha value is -1.29. The second-order valence-corrected chi connectivity index (χ2v) is 4.61. The third kappa shape index (κ3) is 4.61. The Kier molecular flexibility index (Phi) is 5.77. The topological polar surface area (TPSA) is 43.4 Å².